The highest BCUT2D eigenvalue weighted by Crippen LogP contribution is 2.31. The molecule has 1 aliphatic heterocycles. The van der Waals surface area contributed by atoms with Crippen molar-refractivity contribution in [2.24, 2.45) is 15.5 Å². The van der Waals surface area contributed by atoms with E-state index in [4.69, 9.17) is 15.1 Å². The van der Waals surface area contributed by atoms with Crippen LogP contribution in [0, 0.1) is 12.3 Å². The first-order valence-electron chi connectivity index (χ1n) is 16.0. The molecule has 0 unspecified atom stereocenters. The summed E-state index contributed by atoms with van der Waals surface area (Å²) in [7, 11) is -13.1. The lowest BCUT2D eigenvalue weighted by molar-refractivity contribution is 0.102. The highest BCUT2D eigenvalue weighted by atomic mass is 32.2. The van der Waals surface area contributed by atoms with Crippen LogP contribution < -0.4 is 14.9 Å². The van der Waals surface area contributed by atoms with Crippen molar-refractivity contribution >= 4 is 64.7 Å². The number of aryl methyl sites for hydroxylation is 1. The van der Waals surface area contributed by atoms with Crippen LogP contribution in [0.3, 0.4) is 0 Å². The number of nitrogens with one attached hydrogen (secondary N) is 2. The Bertz CT molecular complexity index is 2440. The van der Waals surface area contributed by atoms with Gasteiger partial charge in [-0.05, 0) is 80.1 Å². The molecule has 2 heterocycles. The second-order valence-corrected chi connectivity index (χ2v) is 17.9. The summed E-state index contributed by atoms with van der Waals surface area (Å²) in [5.41, 5.74) is 3.65. The van der Waals surface area contributed by atoms with Gasteiger partial charge in [0.25, 0.3) is 26.1 Å². The number of carbonyl (C=O) groups excluding carboxylic acids is 1. The molecule has 53 heavy (non-hydrogen) atoms. The number of rotatable bonds is 12. The molecule has 1 aromatic heterocycles. The van der Waals surface area contributed by atoms with Gasteiger partial charge in [-0.25, -0.2) is 23.1 Å². The Hall–Kier alpha value is -4.86. The fourth-order valence-electron chi connectivity index (χ4n) is 5.32. The van der Waals surface area contributed by atoms with Crippen LogP contribution >= 0.6 is 0 Å². The van der Waals surface area contributed by atoms with E-state index in [2.05, 4.69) is 20.0 Å². The molecule has 3 aromatic carbocycles. The van der Waals surface area contributed by atoms with Crippen LogP contribution in [0.4, 0.5) is 17.1 Å². The molecule has 1 amide bonds. The van der Waals surface area contributed by atoms with E-state index < -0.39 is 56.9 Å². The van der Waals surface area contributed by atoms with E-state index in [1.807, 2.05) is 52.8 Å². The molecule has 0 fully saturated rings. The number of aromatic nitrogens is 3. The van der Waals surface area contributed by atoms with Crippen LogP contribution in [-0.2, 0) is 30.3 Å². The molecule has 0 saturated carbocycles. The Morgan fingerprint density at radius 1 is 0.925 bits per heavy atom. The number of benzene rings is 3. The minimum atomic E-state index is -4.91. The number of likely N-dealkylation sites (N-methyl/N-ethyl adjacent to an activating group) is 1. The summed E-state index contributed by atoms with van der Waals surface area (Å²) < 4.78 is 91.0. The zero-order chi connectivity index (χ0) is 39.1. The summed E-state index contributed by atoms with van der Waals surface area (Å²) in [4.78, 5) is 24.4. The summed E-state index contributed by atoms with van der Waals surface area (Å²) in [6.45, 7) is 11.4. The normalized spacial score (nSPS) is 14.3. The second kappa shape index (κ2) is 14.5. The predicted octanol–water partition coefficient (Wildman–Crippen LogP) is 3.76. The summed E-state index contributed by atoms with van der Waals surface area (Å²) in [6, 6.07) is 14.2. The number of nitrogens with zero attached hydrogens (tertiary/aromatic N) is 6. The third kappa shape index (κ3) is 9.39. The molecular formula is C33H38N8O9S3. The minimum Gasteiger partial charge on any atom is -0.370 e. The van der Waals surface area contributed by atoms with Gasteiger partial charge in [0.15, 0.2) is 5.82 Å². The Morgan fingerprint density at radius 3 is 2.08 bits per heavy atom. The third-order valence-corrected chi connectivity index (χ3v) is 10.4. The maximum Gasteiger partial charge on any atom is 0.294 e. The standard InChI is InChI=1S/C33H38N8O9S3/c1-7-40(15-14-34-51(6,43)44)24-12-13-27(20(2)16-24)36-28-29(33(3,4)5)38-41-31(28)37-30(39-41)21-8-10-23(11-9-21)35-32(42)22-17-25(52(45,46)47)19-26(18-22)53(48,49)50/h8-13,16-19,34H,7,14-15H2,1-6H3,(H,35,42)(H,45,46,47)(H,48,49,50)/b36-28-. The number of hydrogen-bond acceptors (Lipinski definition) is 12. The average molecular weight is 787 g/mol. The smallest absolute Gasteiger partial charge is 0.294 e. The van der Waals surface area contributed by atoms with Gasteiger partial charge in [0, 0.05) is 47.6 Å². The molecule has 0 atom stereocenters. The molecule has 0 spiro atoms. The number of aliphatic imine (C=N–C) groups is 1. The minimum absolute atomic E-state index is 0.249. The largest absolute Gasteiger partial charge is 0.370 e. The van der Waals surface area contributed by atoms with Crippen LogP contribution in [0.15, 0.2) is 80.5 Å². The van der Waals surface area contributed by atoms with E-state index in [9.17, 15) is 39.2 Å². The maximum absolute atomic E-state index is 12.9. The van der Waals surface area contributed by atoms with Crippen LogP contribution in [0.25, 0.3) is 11.4 Å². The first-order valence-corrected chi connectivity index (χ1v) is 20.8. The highest BCUT2D eigenvalue weighted by Gasteiger charge is 2.35. The summed E-state index contributed by atoms with van der Waals surface area (Å²) >= 11 is 0. The molecule has 282 valence electrons. The van der Waals surface area contributed by atoms with Crippen LogP contribution in [0.5, 0.6) is 0 Å². The number of hydrogen-bond donors (Lipinski definition) is 4. The van der Waals surface area contributed by atoms with Crippen LogP contribution in [-0.4, -0.2) is 92.5 Å². The van der Waals surface area contributed by atoms with Crippen LogP contribution in [0.1, 0.15) is 49.4 Å². The van der Waals surface area contributed by atoms with Crippen molar-refractivity contribution in [1.82, 2.24) is 19.6 Å². The lowest BCUT2D eigenvalue weighted by Gasteiger charge is -2.24. The van der Waals surface area contributed by atoms with Crippen molar-refractivity contribution in [2.45, 2.75) is 44.4 Å². The molecule has 0 radical (unpaired) electrons. The topological polar surface area (TPSA) is 243 Å². The fourth-order valence-corrected chi connectivity index (χ4v) is 6.97. The second-order valence-electron chi connectivity index (χ2n) is 13.2. The average Bonchev–Trinajstić information content (AvgIpc) is 3.62. The van der Waals surface area contributed by atoms with Crippen molar-refractivity contribution in [3.8, 4) is 11.4 Å². The zero-order valence-electron chi connectivity index (χ0n) is 29.6. The van der Waals surface area contributed by atoms with Gasteiger partial charge in [-0.1, -0.05) is 20.8 Å². The Kier molecular flexibility index (Phi) is 10.8. The maximum atomic E-state index is 12.9. The summed E-state index contributed by atoms with van der Waals surface area (Å²) in [5.74, 6) is -0.178. The van der Waals surface area contributed by atoms with Gasteiger partial charge in [-0.15, -0.1) is 9.89 Å². The Balaban J connectivity index is 1.40. The number of anilines is 2. The van der Waals surface area contributed by atoms with E-state index in [-0.39, 0.29) is 12.2 Å². The van der Waals surface area contributed by atoms with Crippen LogP contribution in [0.2, 0.25) is 0 Å². The molecular weight excluding hydrogens is 749 g/mol. The zero-order valence-corrected chi connectivity index (χ0v) is 32.0. The van der Waals surface area contributed by atoms with E-state index in [1.54, 1.807) is 12.1 Å². The van der Waals surface area contributed by atoms with E-state index in [1.165, 1.54) is 16.9 Å². The van der Waals surface area contributed by atoms with E-state index in [0.717, 1.165) is 29.6 Å². The van der Waals surface area contributed by atoms with Gasteiger partial charge in [-0.2, -0.15) is 21.9 Å². The van der Waals surface area contributed by atoms with E-state index >= 15 is 0 Å². The third-order valence-electron chi connectivity index (χ3n) is 7.98. The highest BCUT2D eigenvalue weighted by molar-refractivity contribution is 7.88. The van der Waals surface area contributed by atoms with Crippen molar-refractivity contribution in [3.05, 3.63) is 77.6 Å². The first kappa shape index (κ1) is 39.3. The molecule has 5 rings (SSSR count). The monoisotopic (exact) mass is 786 g/mol. The number of fused-ring (bicyclic) bond motifs is 1. The summed E-state index contributed by atoms with van der Waals surface area (Å²) in [5, 5.41) is 11.8. The number of sulfonamides is 1. The van der Waals surface area contributed by atoms with Gasteiger partial charge >= 0.3 is 0 Å². The van der Waals surface area contributed by atoms with Gasteiger partial charge < -0.3 is 10.2 Å². The predicted molar refractivity (Wildman–Crippen MR) is 200 cm³/mol. The Labute approximate surface area is 307 Å². The van der Waals surface area contributed by atoms with Gasteiger partial charge in [0.05, 0.1) is 27.4 Å². The molecule has 4 N–H and O–H groups in total. The molecule has 20 heteroatoms. The molecule has 4 aromatic rings. The molecule has 1 aliphatic rings. The van der Waals surface area contributed by atoms with Gasteiger partial charge in [0.2, 0.25) is 15.8 Å². The van der Waals surface area contributed by atoms with Crippen molar-refractivity contribution in [2.75, 3.05) is 36.1 Å². The molecule has 0 saturated heterocycles. The lowest BCUT2D eigenvalue weighted by atomic mass is 9.87. The van der Waals surface area contributed by atoms with Gasteiger partial charge in [0.1, 0.15) is 5.71 Å². The number of amides is 1. The molecule has 0 aliphatic carbocycles. The van der Waals surface area contributed by atoms with Crippen molar-refractivity contribution in [1.29, 1.82) is 0 Å². The van der Waals surface area contributed by atoms with E-state index in [0.29, 0.717) is 53.5 Å². The van der Waals surface area contributed by atoms with Gasteiger partial charge in [-0.3, -0.25) is 13.9 Å². The lowest BCUT2D eigenvalue weighted by Crippen LogP contribution is -2.34. The van der Waals surface area contributed by atoms with Crippen molar-refractivity contribution < 1.29 is 39.2 Å². The Morgan fingerprint density at radius 2 is 1.55 bits per heavy atom. The summed E-state index contributed by atoms with van der Waals surface area (Å²) in [6.07, 6.45) is 1.12. The number of carbonyl (C=O) groups is 1. The SMILES string of the molecule is CCN(CCNS(C)(=O)=O)c1ccc(/N=C2/C(C(C)(C)C)=Nn3nc(-c4ccc(NC(=O)c5cc(S(=O)(=O)O)cc(S(=O)(=O)O)c5)cc4)nc32)c(C)c1. The molecule has 17 nitrogen and oxygen atoms in total. The molecule has 0 bridgehead atoms. The quantitative estimate of drug-likeness (QED) is 0.150. The fraction of sp³-hybridized carbons (Fsp3) is 0.303. The first-order chi connectivity index (χ1) is 24.5. The van der Waals surface area contributed by atoms with Crippen molar-refractivity contribution in [3.63, 3.8) is 0 Å².